The van der Waals surface area contributed by atoms with Crippen molar-refractivity contribution in [1.29, 1.82) is 0 Å². The van der Waals surface area contributed by atoms with E-state index in [9.17, 15) is 8.42 Å². The van der Waals surface area contributed by atoms with Gasteiger partial charge in [-0.05, 0) is 24.7 Å². The van der Waals surface area contributed by atoms with Crippen molar-refractivity contribution in [3.63, 3.8) is 0 Å². The van der Waals surface area contributed by atoms with Gasteiger partial charge in [-0.1, -0.05) is 12.1 Å². The Morgan fingerprint density at radius 1 is 1.33 bits per heavy atom. The topological polar surface area (TPSA) is 96.6 Å². The Kier molecular flexibility index (Phi) is 7.18. The first kappa shape index (κ1) is 17.1. The van der Waals surface area contributed by atoms with Crippen LogP contribution < -0.4 is 15.8 Å². The van der Waals surface area contributed by atoms with Gasteiger partial charge in [-0.3, -0.25) is 4.99 Å². The molecule has 0 bridgehead atoms. The van der Waals surface area contributed by atoms with Crippen molar-refractivity contribution in [1.82, 2.24) is 10.0 Å². The number of nitrogens with zero attached hydrogens (tertiary/aromatic N) is 1. The van der Waals surface area contributed by atoms with E-state index in [0.717, 1.165) is 5.56 Å². The average Bonchev–Trinajstić information content (AvgIpc) is 2.36. The predicted molar refractivity (Wildman–Crippen MR) is 82.5 cm³/mol. The van der Waals surface area contributed by atoms with Gasteiger partial charge < -0.3 is 11.1 Å². The molecule has 0 unspecified atom stereocenters. The number of hydrogen-bond acceptors (Lipinski definition) is 3. The predicted octanol–water partition coefficient (Wildman–Crippen LogP) is 0.247. The number of halogens is 1. The Labute approximate surface area is 124 Å². The Bertz CT molecular complexity index is 499. The highest BCUT2D eigenvalue weighted by atomic mass is 127. The van der Waals surface area contributed by atoms with Crippen LogP contribution in [0.2, 0.25) is 0 Å². The maximum atomic E-state index is 11.5. The Morgan fingerprint density at radius 2 is 1.89 bits per heavy atom. The summed E-state index contributed by atoms with van der Waals surface area (Å²) in [5.41, 5.74) is 6.40. The van der Waals surface area contributed by atoms with E-state index in [1.54, 1.807) is 31.3 Å². The molecule has 0 atom stereocenters. The van der Waals surface area contributed by atoms with Crippen molar-refractivity contribution in [2.75, 3.05) is 14.1 Å². The number of benzene rings is 1. The summed E-state index contributed by atoms with van der Waals surface area (Å²) in [4.78, 5) is 3.99. The van der Waals surface area contributed by atoms with E-state index in [4.69, 9.17) is 5.73 Å². The molecule has 0 aliphatic rings. The van der Waals surface area contributed by atoms with E-state index < -0.39 is 10.0 Å². The molecule has 6 nitrogen and oxygen atoms in total. The minimum absolute atomic E-state index is 0. The lowest BCUT2D eigenvalue weighted by molar-refractivity contribution is 0.588. The van der Waals surface area contributed by atoms with Gasteiger partial charge in [-0.2, -0.15) is 0 Å². The second-order valence-electron chi connectivity index (χ2n) is 3.31. The molecule has 0 amide bonds. The van der Waals surface area contributed by atoms with Gasteiger partial charge in [-0.25, -0.2) is 13.1 Å². The fourth-order valence-corrected chi connectivity index (χ4v) is 1.91. The molecule has 0 fully saturated rings. The van der Waals surface area contributed by atoms with Gasteiger partial charge in [0.25, 0.3) is 0 Å². The highest BCUT2D eigenvalue weighted by Crippen LogP contribution is 2.09. The number of aliphatic imine (C=N–C) groups is 1. The molecule has 0 aliphatic carbocycles. The van der Waals surface area contributed by atoms with Gasteiger partial charge in [0.1, 0.15) is 0 Å². The summed E-state index contributed by atoms with van der Waals surface area (Å²) in [6.07, 6.45) is 0. The van der Waals surface area contributed by atoms with Gasteiger partial charge in [0.05, 0.1) is 4.90 Å². The average molecular weight is 384 g/mol. The zero-order chi connectivity index (χ0) is 12.9. The number of nitrogens with two attached hydrogens (primary N) is 1. The van der Waals surface area contributed by atoms with E-state index >= 15 is 0 Å². The first-order valence-electron chi connectivity index (χ1n) is 4.98. The molecule has 18 heavy (non-hydrogen) atoms. The molecule has 0 heterocycles. The van der Waals surface area contributed by atoms with Crippen molar-refractivity contribution in [3.05, 3.63) is 29.8 Å². The van der Waals surface area contributed by atoms with Crippen LogP contribution in [0.5, 0.6) is 0 Å². The van der Waals surface area contributed by atoms with Crippen LogP contribution >= 0.6 is 24.0 Å². The third kappa shape index (κ3) is 4.78. The summed E-state index contributed by atoms with van der Waals surface area (Å²) < 4.78 is 25.2. The van der Waals surface area contributed by atoms with Crippen LogP contribution in [0.15, 0.2) is 34.2 Å². The Balaban J connectivity index is 0.00000289. The van der Waals surface area contributed by atoms with Crippen molar-refractivity contribution in [2.45, 2.75) is 11.4 Å². The van der Waals surface area contributed by atoms with Crippen LogP contribution in [-0.2, 0) is 16.6 Å². The fraction of sp³-hybridized carbons (Fsp3) is 0.300. The molecular weight excluding hydrogens is 367 g/mol. The molecule has 0 saturated heterocycles. The molecule has 0 radical (unpaired) electrons. The second kappa shape index (κ2) is 7.54. The van der Waals surface area contributed by atoms with Crippen molar-refractivity contribution in [2.24, 2.45) is 10.7 Å². The van der Waals surface area contributed by atoms with Gasteiger partial charge >= 0.3 is 0 Å². The molecule has 8 heteroatoms. The van der Waals surface area contributed by atoms with Crippen LogP contribution in [0.1, 0.15) is 5.56 Å². The standard InChI is InChI=1S/C10H16N4O2S.HI/c1-12-10(11)14-7-8-3-5-9(6-4-8)17(15,16)13-2;/h3-6,13H,7H2,1-2H3,(H3,11,12,14);1H. The molecular formula is C10H17IN4O2S. The molecule has 4 N–H and O–H groups in total. The fourth-order valence-electron chi connectivity index (χ4n) is 1.18. The normalized spacial score (nSPS) is 11.8. The minimum atomic E-state index is -3.37. The molecule has 102 valence electrons. The van der Waals surface area contributed by atoms with Crippen molar-refractivity contribution >= 4 is 40.0 Å². The maximum absolute atomic E-state index is 11.5. The van der Waals surface area contributed by atoms with Gasteiger partial charge in [0.2, 0.25) is 10.0 Å². The first-order valence-corrected chi connectivity index (χ1v) is 6.46. The first-order chi connectivity index (χ1) is 7.99. The van der Waals surface area contributed by atoms with Crippen LogP contribution in [0.25, 0.3) is 0 Å². The SMILES string of the molecule is CN=C(N)NCc1ccc(S(=O)(=O)NC)cc1.I. The number of nitrogens with one attached hydrogen (secondary N) is 2. The lowest BCUT2D eigenvalue weighted by Gasteiger charge is -2.06. The third-order valence-corrected chi connectivity index (χ3v) is 3.65. The maximum Gasteiger partial charge on any atom is 0.240 e. The van der Waals surface area contributed by atoms with Gasteiger partial charge in [-0.15, -0.1) is 24.0 Å². The molecule has 0 aliphatic heterocycles. The summed E-state index contributed by atoms with van der Waals surface area (Å²) in [7, 11) is -0.403. The smallest absolute Gasteiger partial charge is 0.240 e. The Morgan fingerprint density at radius 3 is 2.33 bits per heavy atom. The third-order valence-electron chi connectivity index (χ3n) is 2.22. The lowest BCUT2D eigenvalue weighted by atomic mass is 10.2. The molecule has 1 aromatic rings. The molecule has 0 aromatic heterocycles. The van der Waals surface area contributed by atoms with Crippen LogP contribution in [0, 0.1) is 0 Å². The zero-order valence-corrected chi connectivity index (χ0v) is 13.3. The van der Waals surface area contributed by atoms with Crippen molar-refractivity contribution < 1.29 is 8.42 Å². The van der Waals surface area contributed by atoms with E-state index in [2.05, 4.69) is 15.0 Å². The van der Waals surface area contributed by atoms with Crippen LogP contribution in [-0.4, -0.2) is 28.5 Å². The highest BCUT2D eigenvalue weighted by Gasteiger charge is 2.10. The van der Waals surface area contributed by atoms with E-state index in [1.165, 1.54) is 7.05 Å². The Hall–Kier alpha value is -0.870. The number of rotatable bonds is 4. The highest BCUT2D eigenvalue weighted by molar-refractivity contribution is 14.0. The number of sulfonamides is 1. The number of hydrogen-bond donors (Lipinski definition) is 3. The molecule has 0 saturated carbocycles. The van der Waals surface area contributed by atoms with E-state index in [-0.39, 0.29) is 28.9 Å². The number of guanidine groups is 1. The zero-order valence-electron chi connectivity index (χ0n) is 10.2. The summed E-state index contributed by atoms with van der Waals surface area (Å²) in [5, 5.41) is 2.88. The molecule has 1 rings (SSSR count). The van der Waals surface area contributed by atoms with Gasteiger partial charge in [0, 0.05) is 13.6 Å². The largest absolute Gasteiger partial charge is 0.370 e. The minimum Gasteiger partial charge on any atom is -0.370 e. The second-order valence-corrected chi connectivity index (χ2v) is 5.20. The molecule has 0 spiro atoms. The van der Waals surface area contributed by atoms with E-state index in [1.807, 2.05) is 0 Å². The summed E-state index contributed by atoms with van der Waals surface area (Å²) in [5.74, 6) is 0.344. The van der Waals surface area contributed by atoms with E-state index in [0.29, 0.717) is 12.5 Å². The summed E-state index contributed by atoms with van der Waals surface area (Å²) in [6.45, 7) is 0.503. The van der Waals surface area contributed by atoms with Crippen LogP contribution in [0.3, 0.4) is 0 Å². The lowest BCUT2D eigenvalue weighted by Crippen LogP contribution is -2.30. The van der Waals surface area contributed by atoms with Crippen LogP contribution in [0.4, 0.5) is 0 Å². The van der Waals surface area contributed by atoms with Crippen molar-refractivity contribution in [3.8, 4) is 0 Å². The van der Waals surface area contributed by atoms with Gasteiger partial charge in [0.15, 0.2) is 5.96 Å². The summed E-state index contributed by atoms with van der Waals surface area (Å²) in [6, 6.07) is 6.53. The quantitative estimate of drug-likeness (QED) is 0.394. The monoisotopic (exact) mass is 384 g/mol. The summed E-state index contributed by atoms with van der Waals surface area (Å²) >= 11 is 0. The molecule has 1 aromatic carbocycles.